The average Bonchev–Trinajstić information content (AvgIpc) is 2.13. The Kier molecular flexibility index (Phi) is 4.29. The third-order valence-corrected chi connectivity index (χ3v) is 3.14. The Balaban J connectivity index is 3.23. The maximum atomic E-state index is 10.9. The van der Waals surface area contributed by atoms with E-state index in [2.05, 4.69) is 12.1 Å². The SMILES string of the molecule is Cc1cc(C)c(C(CC(=O)O)C(C)N)c(C)c1. The summed E-state index contributed by atoms with van der Waals surface area (Å²) in [5.74, 6) is -0.917. The van der Waals surface area contributed by atoms with Crippen LogP contribution in [0, 0.1) is 20.8 Å². The number of carboxylic acid groups (broad SMARTS) is 1. The van der Waals surface area contributed by atoms with Gasteiger partial charge in [0.2, 0.25) is 0 Å². The standard InChI is InChI=1S/C14H21NO2/c1-8-5-9(2)14(10(3)6-8)12(11(4)15)7-13(16)17/h5-6,11-12H,7,15H2,1-4H3,(H,16,17). The van der Waals surface area contributed by atoms with E-state index < -0.39 is 5.97 Å². The fraction of sp³-hybridized carbons (Fsp3) is 0.500. The Bertz CT molecular complexity index is 401. The molecule has 0 amide bonds. The molecule has 1 aromatic rings. The highest BCUT2D eigenvalue weighted by Crippen LogP contribution is 2.29. The Morgan fingerprint density at radius 2 is 1.76 bits per heavy atom. The maximum Gasteiger partial charge on any atom is 0.304 e. The van der Waals surface area contributed by atoms with Crippen molar-refractivity contribution in [2.45, 2.75) is 46.1 Å². The van der Waals surface area contributed by atoms with Crippen molar-refractivity contribution in [3.05, 3.63) is 34.4 Å². The van der Waals surface area contributed by atoms with E-state index in [1.165, 1.54) is 5.56 Å². The predicted octanol–water partition coefficient (Wildman–Crippen LogP) is 2.52. The van der Waals surface area contributed by atoms with E-state index in [0.29, 0.717) is 0 Å². The first-order chi connectivity index (χ1) is 7.82. The molecule has 1 rings (SSSR count). The highest BCUT2D eigenvalue weighted by Gasteiger charge is 2.23. The van der Waals surface area contributed by atoms with Crippen LogP contribution in [0.15, 0.2) is 12.1 Å². The number of nitrogens with two attached hydrogens (primary N) is 1. The molecule has 0 aromatic heterocycles. The molecule has 1 aromatic carbocycles. The third-order valence-electron chi connectivity index (χ3n) is 3.14. The Morgan fingerprint density at radius 3 is 2.12 bits per heavy atom. The molecule has 17 heavy (non-hydrogen) atoms. The zero-order chi connectivity index (χ0) is 13.2. The first-order valence-electron chi connectivity index (χ1n) is 5.88. The molecule has 2 unspecified atom stereocenters. The molecule has 3 heteroatoms. The summed E-state index contributed by atoms with van der Waals surface area (Å²) in [7, 11) is 0. The third kappa shape index (κ3) is 3.30. The minimum Gasteiger partial charge on any atom is -0.481 e. The summed E-state index contributed by atoms with van der Waals surface area (Å²) >= 11 is 0. The molecule has 0 saturated heterocycles. The zero-order valence-corrected chi connectivity index (χ0v) is 10.9. The molecule has 0 radical (unpaired) electrons. The second kappa shape index (κ2) is 5.32. The topological polar surface area (TPSA) is 63.3 Å². The average molecular weight is 235 g/mol. The van der Waals surface area contributed by atoms with Crippen molar-refractivity contribution >= 4 is 5.97 Å². The van der Waals surface area contributed by atoms with Gasteiger partial charge in [-0.2, -0.15) is 0 Å². The number of rotatable bonds is 4. The van der Waals surface area contributed by atoms with Gasteiger partial charge in [-0.05, 0) is 44.4 Å². The predicted molar refractivity (Wildman–Crippen MR) is 69.3 cm³/mol. The molecule has 0 spiro atoms. The van der Waals surface area contributed by atoms with Crippen molar-refractivity contribution in [2.24, 2.45) is 5.73 Å². The van der Waals surface area contributed by atoms with Crippen molar-refractivity contribution in [3.8, 4) is 0 Å². The number of hydrogen-bond acceptors (Lipinski definition) is 2. The van der Waals surface area contributed by atoms with Gasteiger partial charge in [-0.25, -0.2) is 0 Å². The maximum absolute atomic E-state index is 10.9. The number of aryl methyl sites for hydroxylation is 3. The largest absolute Gasteiger partial charge is 0.481 e. The van der Waals surface area contributed by atoms with Crippen molar-refractivity contribution in [2.75, 3.05) is 0 Å². The normalized spacial score (nSPS) is 14.4. The van der Waals surface area contributed by atoms with Crippen molar-refractivity contribution < 1.29 is 9.90 Å². The summed E-state index contributed by atoms with van der Waals surface area (Å²) in [6, 6.07) is 4.00. The summed E-state index contributed by atoms with van der Waals surface area (Å²) in [5.41, 5.74) is 10.5. The van der Waals surface area contributed by atoms with E-state index in [1.54, 1.807) is 0 Å². The molecule has 94 valence electrons. The van der Waals surface area contributed by atoms with Crippen LogP contribution in [0.2, 0.25) is 0 Å². The number of benzene rings is 1. The number of carbonyl (C=O) groups is 1. The smallest absolute Gasteiger partial charge is 0.304 e. The van der Waals surface area contributed by atoms with Crippen LogP contribution in [0.3, 0.4) is 0 Å². The summed E-state index contributed by atoms with van der Waals surface area (Å²) in [4.78, 5) is 10.9. The highest BCUT2D eigenvalue weighted by atomic mass is 16.4. The van der Waals surface area contributed by atoms with Gasteiger partial charge < -0.3 is 10.8 Å². The fourth-order valence-corrected chi connectivity index (χ4v) is 2.52. The van der Waals surface area contributed by atoms with Crippen molar-refractivity contribution in [1.29, 1.82) is 0 Å². The summed E-state index contributed by atoms with van der Waals surface area (Å²) in [6.07, 6.45) is 0.0857. The van der Waals surface area contributed by atoms with Crippen molar-refractivity contribution in [3.63, 3.8) is 0 Å². The van der Waals surface area contributed by atoms with E-state index in [4.69, 9.17) is 10.8 Å². The van der Waals surface area contributed by atoms with Gasteiger partial charge in [0.25, 0.3) is 0 Å². The molecule has 0 heterocycles. The fourth-order valence-electron chi connectivity index (χ4n) is 2.52. The molecule has 2 atom stereocenters. The van der Waals surface area contributed by atoms with Crippen LogP contribution >= 0.6 is 0 Å². The molecule has 0 saturated carbocycles. The summed E-state index contributed by atoms with van der Waals surface area (Å²) in [6.45, 7) is 7.95. The minimum atomic E-state index is -0.799. The first-order valence-corrected chi connectivity index (χ1v) is 5.88. The molecule has 0 fully saturated rings. The van der Waals surface area contributed by atoms with Gasteiger partial charge in [0.15, 0.2) is 0 Å². The van der Waals surface area contributed by atoms with E-state index in [9.17, 15) is 4.79 Å². The highest BCUT2D eigenvalue weighted by molar-refractivity contribution is 5.68. The van der Waals surface area contributed by atoms with Crippen LogP contribution in [0.5, 0.6) is 0 Å². The lowest BCUT2D eigenvalue weighted by Gasteiger charge is -2.24. The van der Waals surface area contributed by atoms with Gasteiger partial charge in [0.05, 0.1) is 6.42 Å². The molecule has 0 aliphatic carbocycles. The molecule has 3 N–H and O–H groups in total. The van der Waals surface area contributed by atoms with E-state index >= 15 is 0 Å². The lowest BCUT2D eigenvalue weighted by atomic mass is 9.83. The van der Waals surface area contributed by atoms with Gasteiger partial charge >= 0.3 is 5.97 Å². The number of carboxylic acids is 1. The van der Waals surface area contributed by atoms with E-state index in [1.807, 2.05) is 27.7 Å². The van der Waals surface area contributed by atoms with Gasteiger partial charge in [0, 0.05) is 12.0 Å². The van der Waals surface area contributed by atoms with Crippen LogP contribution in [0.1, 0.15) is 41.5 Å². The lowest BCUT2D eigenvalue weighted by molar-refractivity contribution is -0.137. The van der Waals surface area contributed by atoms with Crippen LogP contribution in [0.4, 0.5) is 0 Å². The molecule has 0 aliphatic heterocycles. The number of aliphatic carboxylic acids is 1. The van der Waals surface area contributed by atoms with Crippen LogP contribution < -0.4 is 5.73 Å². The Labute approximate surface area is 103 Å². The van der Waals surface area contributed by atoms with E-state index in [0.717, 1.165) is 16.7 Å². The van der Waals surface area contributed by atoms with Gasteiger partial charge in [-0.15, -0.1) is 0 Å². The lowest BCUT2D eigenvalue weighted by Crippen LogP contribution is -2.28. The first kappa shape index (κ1) is 13.7. The van der Waals surface area contributed by atoms with Crippen LogP contribution in [-0.4, -0.2) is 17.1 Å². The molecule has 0 bridgehead atoms. The quantitative estimate of drug-likeness (QED) is 0.842. The zero-order valence-electron chi connectivity index (χ0n) is 10.9. The second-order valence-corrected chi connectivity index (χ2v) is 4.88. The molecular formula is C14H21NO2. The monoisotopic (exact) mass is 235 g/mol. The minimum absolute atomic E-state index is 0.0857. The van der Waals surface area contributed by atoms with Gasteiger partial charge in [-0.3, -0.25) is 4.79 Å². The second-order valence-electron chi connectivity index (χ2n) is 4.88. The van der Waals surface area contributed by atoms with Crippen molar-refractivity contribution in [1.82, 2.24) is 0 Å². The van der Waals surface area contributed by atoms with Gasteiger partial charge in [-0.1, -0.05) is 17.7 Å². The Hall–Kier alpha value is -1.35. The van der Waals surface area contributed by atoms with Gasteiger partial charge in [0.1, 0.15) is 0 Å². The molecule has 3 nitrogen and oxygen atoms in total. The number of hydrogen-bond donors (Lipinski definition) is 2. The molecule has 0 aliphatic rings. The molecular weight excluding hydrogens is 214 g/mol. The summed E-state index contributed by atoms with van der Waals surface area (Å²) < 4.78 is 0. The summed E-state index contributed by atoms with van der Waals surface area (Å²) in [5, 5.41) is 8.97. The van der Waals surface area contributed by atoms with Crippen LogP contribution in [0.25, 0.3) is 0 Å². The van der Waals surface area contributed by atoms with Crippen LogP contribution in [-0.2, 0) is 4.79 Å². The van der Waals surface area contributed by atoms with E-state index in [-0.39, 0.29) is 18.4 Å². The Morgan fingerprint density at radius 1 is 1.29 bits per heavy atom.